The van der Waals surface area contributed by atoms with Crippen LogP contribution >= 0.6 is 0 Å². The normalized spacial score (nSPS) is 11.6. The lowest BCUT2D eigenvalue weighted by Gasteiger charge is -2.00. The number of rotatable bonds is 7. The van der Waals surface area contributed by atoms with Crippen molar-refractivity contribution in [2.75, 3.05) is 6.54 Å². The Balaban J connectivity index is 3.71. The first kappa shape index (κ1) is 11.7. The Hall–Kier alpha value is -1.31. The van der Waals surface area contributed by atoms with Crippen molar-refractivity contribution in [2.24, 2.45) is 0 Å². The molecule has 0 saturated heterocycles. The molecule has 0 aromatic carbocycles. The third-order valence-electron chi connectivity index (χ3n) is 1.63. The van der Waals surface area contributed by atoms with Gasteiger partial charge in [0.1, 0.15) is 0 Å². The Morgan fingerprint density at radius 1 is 1.54 bits per heavy atom. The van der Waals surface area contributed by atoms with Gasteiger partial charge in [0.2, 0.25) is 6.41 Å². The molecular formula is C11H17NO. The average molecular weight is 179 g/mol. The summed E-state index contributed by atoms with van der Waals surface area (Å²) in [5.74, 6) is 0. The van der Waals surface area contributed by atoms with Crippen molar-refractivity contribution in [3.63, 3.8) is 0 Å². The van der Waals surface area contributed by atoms with Crippen molar-refractivity contribution in [1.82, 2.24) is 5.32 Å². The van der Waals surface area contributed by atoms with E-state index < -0.39 is 0 Å². The van der Waals surface area contributed by atoms with E-state index in [0.717, 1.165) is 25.8 Å². The highest BCUT2D eigenvalue weighted by atomic mass is 16.1. The minimum Gasteiger partial charge on any atom is -0.359 e. The second-order valence-electron chi connectivity index (χ2n) is 2.65. The monoisotopic (exact) mass is 179 g/mol. The van der Waals surface area contributed by atoms with Crippen LogP contribution in [0.15, 0.2) is 36.5 Å². The van der Waals surface area contributed by atoms with Crippen LogP contribution in [-0.4, -0.2) is 13.0 Å². The van der Waals surface area contributed by atoms with E-state index in [-0.39, 0.29) is 0 Å². The topological polar surface area (TPSA) is 29.1 Å². The van der Waals surface area contributed by atoms with E-state index in [9.17, 15) is 4.79 Å². The highest BCUT2D eigenvalue weighted by Gasteiger charge is 1.90. The van der Waals surface area contributed by atoms with Crippen molar-refractivity contribution in [2.45, 2.75) is 19.8 Å². The Labute approximate surface area is 80.0 Å². The molecule has 0 atom stereocenters. The summed E-state index contributed by atoms with van der Waals surface area (Å²) in [6.45, 7) is 6.42. The number of nitrogens with one attached hydrogen (secondary N) is 1. The smallest absolute Gasteiger partial charge is 0.207 e. The molecule has 0 fully saturated rings. The summed E-state index contributed by atoms with van der Waals surface area (Å²) in [6, 6.07) is 0. The van der Waals surface area contributed by atoms with Gasteiger partial charge < -0.3 is 5.32 Å². The molecule has 2 nitrogen and oxygen atoms in total. The predicted molar refractivity (Wildman–Crippen MR) is 56.4 cm³/mol. The van der Waals surface area contributed by atoms with E-state index in [4.69, 9.17) is 0 Å². The fourth-order valence-corrected chi connectivity index (χ4v) is 0.927. The third kappa shape index (κ3) is 7.06. The summed E-state index contributed by atoms with van der Waals surface area (Å²) >= 11 is 0. The number of carbonyl (C=O) groups excluding carboxylic acids is 1. The summed E-state index contributed by atoms with van der Waals surface area (Å²) < 4.78 is 0. The van der Waals surface area contributed by atoms with E-state index >= 15 is 0 Å². The molecule has 0 aliphatic heterocycles. The van der Waals surface area contributed by atoms with Gasteiger partial charge in [-0.2, -0.15) is 0 Å². The number of hydrogen-bond donors (Lipinski definition) is 1. The SMILES string of the molecule is C=C/C(=C\C=C/C)CCCNC=O. The average Bonchev–Trinajstić information content (AvgIpc) is 2.17. The molecule has 72 valence electrons. The van der Waals surface area contributed by atoms with Gasteiger partial charge in [0.15, 0.2) is 0 Å². The number of amides is 1. The van der Waals surface area contributed by atoms with Crippen LogP contribution in [0, 0.1) is 0 Å². The lowest BCUT2D eigenvalue weighted by Crippen LogP contribution is -2.11. The van der Waals surface area contributed by atoms with Crippen LogP contribution in [0.1, 0.15) is 19.8 Å². The first-order chi connectivity index (χ1) is 6.35. The molecule has 0 radical (unpaired) electrons. The zero-order valence-electron chi connectivity index (χ0n) is 8.12. The molecule has 1 N–H and O–H groups in total. The van der Waals surface area contributed by atoms with Gasteiger partial charge in [-0.1, -0.05) is 30.9 Å². The molecule has 1 amide bonds. The minimum absolute atomic E-state index is 0.725. The van der Waals surface area contributed by atoms with Gasteiger partial charge >= 0.3 is 0 Å². The number of allylic oxidation sites excluding steroid dienone is 5. The van der Waals surface area contributed by atoms with Crippen molar-refractivity contribution in [1.29, 1.82) is 0 Å². The van der Waals surface area contributed by atoms with Crippen LogP contribution in [0.5, 0.6) is 0 Å². The lowest BCUT2D eigenvalue weighted by atomic mass is 10.1. The van der Waals surface area contributed by atoms with E-state index in [1.165, 1.54) is 5.57 Å². The van der Waals surface area contributed by atoms with E-state index in [1.807, 2.05) is 31.2 Å². The minimum atomic E-state index is 0.725. The van der Waals surface area contributed by atoms with Gasteiger partial charge in [-0.3, -0.25) is 4.79 Å². The maximum Gasteiger partial charge on any atom is 0.207 e. The van der Waals surface area contributed by atoms with Crippen LogP contribution in [0.25, 0.3) is 0 Å². The Morgan fingerprint density at radius 3 is 2.85 bits per heavy atom. The fourth-order valence-electron chi connectivity index (χ4n) is 0.927. The highest BCUT2D eigenvalue weighted by Crippen LogP contribution is 2.05. The quantitative estimate of drug-likeness (QED) is 0.362. The molecule has 0 heterocycles. The molecule has 0 spiro atoms. The standard InChI is InChI=1S/C11H17NO/c1-3-5-7-11(4-2)8-6-9-12-10-13/h3-5,7,10H,2,6,8-9H2,1H3,(H,12,13)/b5-3-,11-7+. The van der Waals surface area contributed by atoms with Gasteiger partial charge in [0, 0.05) is 6.54 Å². The zero-order chi connectivity index (χ0) is 9.94. The van der Waals surface area contributed by atoms with E-state index in [1.54, 1.807) is 0 Å². The molecular weight excluding hydrogens is 162 g/mol. The van der Waals surface area contributed by atoms with Crippen molar-refractivity contribution in [3.8, 4) is 0 Å². The largest absolute Gasteiger partial charge is 0.359 e. The fraction of sp³-hybridized carbons (Fsp3) is 0.364. The molecule has 0 aromatic heterocycles. The first-order valence-electron chi connectivity index (χ1n) is 4.46. The molecule has 0 saturated carbocycles. The van der Waals surface area contributed by atoms with Crippen molar-refractivity contribution in [3.05, 3.63) is 36.5 Å². The third-order valence-corrected chi connectivity index (χ3v) is 1.63. The Morgan fingerprint density at radius 2 is 2.31 bits per heavy atom. The predicted octanol–water partition coefficient (Wildman–Crippen LogP) is 2.20. The van der Waals surface area contributed by atoms with Crippen LogP contribution in [-0.2, 0) is 4.79 Å². The van der Waals surface area contributed by atoms with Crippen LogP contribution in [0.3, 0.4) is 0 Å². The summed E-state index contributed by atoms with van der Waals surface area (Å²) in [6.07, 6.45) is 10.5. The molecule has 0 aliphatic carbocycles. The zero-order valence-corrected chi connectivity index (χ0v) is 8.12. The second-order valence-corrected chi connectivity index (χ2v) is 2.65. The summed E-state index contributed by atoms with van der Waals surface area (Å²) in [5.41, 5.74) is 1.20. The summed E-state index contributed by atoms with van der Waals surface area (Å²) in [5, 5.41) is 2.62. The number of carbonyl (C=O) groups is 1. The van der Waals surface area contributed by atoms with Crippen molar-refractivity contribution < 1.29 is 4.79 Å². The molecule has 13 heavy (non-hydrogen) atoms. The molecule has 0 unspecified atom stereocenters. The Bertz CT molecular complexity index is 204. The second kappa shape index (κ2) is 8.78. The van der Waals surface area contributed by atoms with Crippen molar-refractivity contribution >= 4 is 6.41 Å². The number of hydrogen-bond acceptors (Lipinski definition) is 1. The highest BCUT2D eigenvalue weighted by molar-refractivity contribution is 5.45. The van der Waals surface area contributed by atoms with Crippen LogP contribution in [0.4, 0.5) is 0 Å². The molecule has 0 aromatic rings. The lowest BCUT2D eigenvalue weighted by molar-refractivity contribution is -0.109. The maximum atomic E-state index is 9.93. The van der Waals surface area contributed by atoms with E-state index in [0.29, 0.717) is 0 Å². The van der Waals surface area contributed by atoms with E-state index in [2.05, 4.69) is 11.9 Å². The van der Waals surface area contributed by atoms with Crippen LogP contribution in [0.2, 0.25) is 0 Å². The Kier molecular flexibility index (Phi) is 7.90. The van der Waals surface area contributed by atoms with Gasteiger partial charge in [0.25, 0.3) is 0 Å². The maximum absolute atomic E-state index is 9.93. The van der Waals surface area contributed by atoms with Gasteiger partial charge in [0.05, 0.1) is 0 Å². The molecule has 0 rings (SSSR count). The van der Waals surface area contributed by atoms with Gasteiger partial charge in [-0.05, 0) is 25.3 Å². The van der Waals surface area contributed by atoms with Gasteiger partial charge in [-0.15, -0.1) is 0 Å². The molecule has 0 bridgehead atoms. The van der Waals surface area contributed by atoms with Gasteiger partial charge in [-0.25, -0.2) is 0 Å². The summed E-state index contributed by atoms with van der Waals surface area (Å²) in [4.78, 5) is 9.93. The summed E-state index contributed by atoms with van der Waals surface area (Å²) in [7, 11) is 0. The first-order valence-corrected chi connectivity index (χ1v) is 4.46. The van der Waals surface area contributed by atoms with Crippen LogP contribution < -0.4 is 5.32 Å². The molecule has 0 aliphatic rings. The molecule has 2 heteroatoms.